The topological polar surface area (TPSA) is 98.9 Å². The van der Waals surface area contributed by atoms with Gasteiger partial charge in [0, 0.05) is 44.5 Å². The first-order valence-corrected chi connectivity index (χ1v) is 11.4. The van der Waals surface area contributed by atoms with E-state index in [0.717, 1.165) is 56.4 Å². The normalized spacial score (nSPS) is 20.8. The van der Waals surface area contributed by atoms with Crippen molar-refractivity contribution in [2.75, 3.05) is 50.7 Å². The number of amides is 1. The van der Waals surface area contributed by atoms with E-state index in [9.17, 15) is 4.79 Å². The minimum absolute atomic E-state index is 0.106. The SMILES string of the molecule is CCNC(=NCc1cccnc1N1CCCC(C(N)=O)C1)NCCN1CCCCC1. The Hall–Kier alpha value is -2.35. The molecule has 2 fully saturated rings. The van der Waals surface area contributed by atoms with E-state index in [1.54, 1.807) is 6.20 Å². The van der Waals surface area contributed by atoms with Gasteiger partial charge in [-0.15, -0.1) is 0 Å². The lowest BCUT2D eigenvalue weighted by Gasteiger charge is -2.33. The molecule has 30 heavy (non-hydrogen) atoms. The molecule has 3 rings (SSSR count). The zero-order chi connectivity index (χ0) is 21.2. The van der Waals surface area contributed by atoms with Gasteiger partial charge in [-0.1, -0.05) is 12.5 Å². The average molecular weight is 416 g/mol. The number of primary amides is 1. The van der Waals surface area contributed by atoms with Crippen LogP contribution in [-0.4, -0.2) is 67.6 Å². The number of nitrogens with two attached hydrogens (primary N) is 1. The van der Waals surface area contributed by atoms with Crippen molar-refractivity contribution in [3.05, 3.63) is 23.9 Å². The number of rotatable bonds is 8. The molecule has 166 valence electrons. The van der Waals surface area contributed by atoms with E-state index in [1.165, 1.54) is 32.4 Å². The second-order valence-electron chi connectivity index (χ2n) is 8.20. The third-order valence-electron chi connectivity index (χ3n) is 5.91. The maximum absolute atomic E-state index is 11.7. The highest BCUT2D eigenvalue weighted by atomic mass is 16.1. The number of aromatic nitrogens is 1. The number of nitrogens with zero attached hydrogens (tertiary/aromatic N) is 4. The van der Waals surface area contributed by atoms with Crippen LogP contribution in [0.2, 0.25) is 0 Å². The predicted octanol–water partition coefficient (Wildman–Crippen LogP) is 1.32. The van der Waals surface area contributed by atoms with Crippen molar-refractivity contribution in [3.8, 4) is 0 Å². The fraction of sp³-hybridized carbons (Fsp3) is 0.682. The van der Waals surface area contributed by atoms with E-state index in [4.69, 9.17) is 10.7 Å². The van der Waals surface area contributed by atoms with E-state index in [0.29, 0.717) is 13.1 Å². The fourth-order valence-electron chi connectivity index (χ4n) is 4.26. The minimum atomic E-state index is -0.220. The number of carbonyl (C=O) groups excluding carboxylic acids is 1. The Morgan fingerprint density at radius 3 is 2.83 bits per heavy atom. The van der Waals surface area contributed by atoms with Gasteiger partial charge in [-0.3, -0.25) is 4.79 Å². The van der Waals surface area contributed by atoms with E-state index < -0.39 is 0 Å². The van der Waals surface area contributed by atoms with Crippen LogP contribution in [0.3, 0.4) is 0 Å². The number of likely N-dealkylation sites (tertiary alicyclic amines) is 1. The van der Waals surface area contributed by atoms with Crippen LogP contribution in [0.1, 0.15) is 44.6 Å². The number of aliphatic imine (C=N–C) groups is 1. The Labute approximate surface area is 180 Å². The zero-order valence-electron chi connectivity index (χ0n) is 18.3. The van der Waals surface area contributed by atoms with Gasteiger partial charge in [0.2, 0.25) is 5.91 Å². The molecule has 0 radical (unpaired) electrons. The van der Waals surface area contributed by atoms with Gasteiger partial charge in [-0.2, -0.15) is 0 Å². The van der Waals surface area contributed by atoms with Crippen LogP contribution >= 0.6 is 0 Å². The number of guanidine groups is 1. The lowest BCUT2D eigenvalue weighted by molar-refractivity contribution is -0.122. The van der Waals surface area contributed by atoms with Crippen LogP contribution in [-0.2, 0) is 11.3 Å². The Morgan fingerprint density at radius 2 is 2.07 bits per heavy atom. The highest BCUT2D eigenvalue weighted by Crippen LogP contribution is 2.24. The average Bonchev–Trinajstić information content (AvgIpc) is 2.78. The smallest absolute Gasteiger partial charge is 0.222 e. The molecule has 0 saturated carbocycles. The van der Waals surface area contributed by atoms with Gasteiger partial charge in [0.25, 0.3) is 0 Å². The van der Waals surface area contributed by atoms with E-state index in [-0.39, 0.29) is 11.8 Å². The van der Waals surface area contributed by atoms with Gasteiger partial charge >= 0.3 is 0 Å². The van der Waals surface area contributed by atoms with Crippen LogP contribution in [0.15, 0.2) is 23.3 Å². The molecule has 2 aliphatic heterocycles. The van der Waals surface area contributed by atoms with E-state index in [1.807, 2.05) is 6.07 Å². The first kappa shape index (κ1) is 22.3. The highest BCUT2D eigenvalue weighted by molar-refractivity contribution is 5.80. The first-order valence-electron chi connectivity index (χ1n) is 11.4. The van der Waals surface area contributed by atoms with Crippen LogP contribution in [0.4, 0.5) is 5.82 Å². The van der Waals surface area contributed by atoms with Crippen molar-refractivity contribution >= 4 is 17.7 Å². The van der Waals surface area contributed by atoms with Crippen LogP contribution in [0.25, 0.3) is 0 Å². The summed E-state index contributed by atoms with van der Waals surface area (Å²) in [5, 5.41) is 6.80. The molecule has 0 aliphatic carbocycles. The van der Waals surface area contributed by atoms with Crippen molar-refractivity contribution in [2.45, 2.75) is 45.6 Å². The Morgan fingerprint density at radius 1 is 1.23 bits per heavy atom. The molecule has 0 aromatic carbocycles. The largest absolute Gasteiger partial charge is 0.369 e. The van der Waals surface area contributed by atoms with Crippen molar-refractivity contribution in [1.82, 2.24) is 20.5 Å². The minimum Gasteiger partial charge on any atom is -0.369 e. The monoisotopic (exact) mass is 415 g/mol. The summed E-state index contributed by atoms with van der Waals surface area (Å²) in [6.45, 7) is 9.32. The number of anilines is 1. The van der Waals surface area contributed by atoms with E-state index in [2.05, 4.69) is 38.4 Å². The lowest BCUT2D eigenvalue weighted by atomic mass is 9.97. The van der Waals surface area contributed by atoms with Crippen LogP contribution < -0.4 is 21.3 Å². The van der Waals surface area contributed by atoms with Gasteiger partial charge in [0.15, 0.2) is 5.96 Å². The van der Waals surface area contributed by atoms with E-state index >= 15 is 0 Å². The first-order chi connectivity index (χ1) is 14.7. The maximum Gasteiger partial charge on any atom is 0.222 e. The van der Waals surface area contributed by atoms with Crippen molar-refractivity contribution < 1.29 is 4.79 Å². The molecule has 2 saturated heterocycles. The molecule has 3 heterocycles. The molecule has 1 amide bonds. The molecule has 1 aromatic heterocycles. The van der Waals surface area contributed by atoms with Gasteiger partial charge in [0.1, 0.15) is 5.82 Å². The summed E-state index contributed by atoms with van der Waals surface area (Å²) in [6, 6.07) is 4.01. The molecule has 1 unspecified atom stereocenters. The summed E-state index contributed by atoms with van der Waals surface area (Å²) < 4.78 is 0. The predicted molar refractivity (Wildman–Crippen MR) is 121 cm³/mol. The van der Waals surface area contributed by atoms with Crippen molar-refractivity contribution in [2.24, 2.45) is 16.6 Å². The summed E-state index contributed by atoms with van der Waals surface area (Å²) in [7, 11) is 0. The highest BCUT2D eigenvalue weighted by Gasteiger charge is 2.25. The number of nitrogens with one attached hydrogen (secondary N) is 2. The number of pyridine rings is 1. The Balaban J connectivity index is 1.60. The molecule has 0 bridgehead atoms. The quantitative estimate of drug-likeness (QED) is 0.438. The number of carbonyl (C=O) groups is 1. The fourth-order valence-corrected chi connectivity index (χ4v) is 4.26. The second-order valence-corrected chi connectivity index (χ2v) is 8.20. The third kappa shape index (κ3) is 6.58. The Bertz CT molecular complexity index is 702. The molecule has 0 spiro atoms. The number of hydrogen-bond donors (Lipinski definition) is 3. The van der Waals surface area contributed by atoms with Crippen molar-refractivity contribution in [1.29, 1.82) is 0 Å². The van der Waals surface area contributed by atoms with Gasteiger partial charge in [0.05, 0.1) is 12.5 Å². The number of piperidine rings is 2. The van der Waals surface area contributed by atoms with Gasteiger partial charge in [-0.25, -0.2) is 9.98 Å². The molecule has 1 atom stereocenters. The van der Waals surface area contributed by atoms with Crippen LogP contribution in [0.5, 0.6) is 0 Å². The lowest BCUT2D eigenvalue weighted by Crippen LogP contribution is -2.43. The molecule has 4 N–H and O–H groups in total. The zero-order valence-corrected chi connectivity index (χ0v) is 18.3. The third-order valence-corrected chi connectivity index (χ3v) is 5.91. The second kappa shape index (κ2) is 11.7. The standard InChI is InChI=1S/C22H37N7O/c1-2-24-22(26-11-15-28-12-4-3-5-13-28)27-16-18-8-6-10-25-21(18)29-14-7-9-19(17-29)20(23)30/h6,8,10,19H,2-5,7,9,11-17H2,1H3,(H2,23,30)(H2,24,26,27). The van der Waals surface area contributed by atoms with Crippen molar-refractivity contribution in [3.63, 3.8) is 0 Å². The molecule has 8 heteroatoms. The number of hydrogen-bond acceptors (Lipinski definition) is 5. The molecular formula is C22H37N7O. The summed E-state index contributed by atoms with van der Waals surface area (Å²) in [6.07, 6.45) is 7.60. The summed E-state index contributed by atoms with van der Waals surface area (Å²) in [5.41, 5.74) is 6.62. The summed E-state index contributed by atoms with van der Waals surface area (Å²) >= 11 is 0. The van der Waals surface area contributed by atoms with Gasteiger partial charge in [-0.05, 0) is 51.8 Å². The molecule has 8 nitrogen and oxygen atoms in total. The maximum atomic E-state index is 11.7. The summed E-state index contributed by atoms with van der Waals surface area (Å²) in [5.74, 6) is 1.42. The molecular weight excluding hydrogens is 378 g/mol. The summed E-state index contributed by atoms with van der Waals surface area (Å²) in [4.78, 5) is 25.7. The van der Waals surface area contributed by atoms with Gasteiger partial charge < -0.3 is 26.2 Å². The molecule has 1 aromatic rings. The Kier molecular flexibility index (Phi) is 8.74. The van der Waals surface area contributed by atoms with Crippen LogP contribution in [0, 0.1) is 5.92 Å². The molecule has 2 aliphatic rings.